The van der Waals surface area contributed by atoms with Crippen molar-refractivity contribution in [3.8, 4) is 0 Å². The third-order valence-corrected chi connectivity index (χ3v) is 4.26. The highest BCUT2D eigenvalue weighted by Gasteiger charge is 2.30. The minimum absolute atomic E-state index is 0.710. The third kappa shape index (κ3) is 2.39. The number of aryl methyl sites for hydroxylation is 2. The average Bonchev–Trinajstić information content (AvgIpc) is 3.06. The lowest BCUT2D eigenvalue weighted by atomic mass is 10.0. The monoisotopic (exact) mass is 244 g/mol. The van der Waals surface area contributed by atoms with E-state index in [0.29, 0.717) is 6.04 Å². The summed E-state index contributed by atoms with van der Waals surface area (Å²) >= 11 is 0. The maximum atomic E-state index is 3.77. The molecule has 18 heavy (non-hydrogen) atoms. The number of rotatable bonds is 4. The minimum atomic E-state index is 0.710. The molecule has 0 amide bonds. The Bertz CT molecular complexity index is 423. The molecule has 1 unspecified atom stereocenters. The Kier molecular flexibility index (Phi) is 3.29. The quantitative estimate of drug-likeness (QED) is 0.876. The molecule has 2 fully saturated rings. The molecule has 0 spiro atoms. The fraction of sp³-hybridized carbons (Fsp3) is 0.625. The van der Waals surface area contributed by atoms with Crippen molar-refractivity contribution in [1.82, 2.24) is 5.32 Å². The van der Waals surface area contributed by atoms with Gasteiger partial charge in [-0.15, -0.1) is 0 Å². The SMILES string of the molecule is CCc1cccc(C)c1N1CCC(NC2CC2)C1. The van der Waals surface area contributed by atoms with E-state index < -0.39 is 0 Å². The molecule has 0 aromatic heterocycles. The van der Waals surface area contributed by atoms with Crippen LogP contribution in [0.1, 0.15) is 37.3 Å². The number of anilines is 1. The molecule has 2 aliphatic rings. The van der Waals surface area contributed by atoms with E-state index in [-0.39, 0.29) is 0 Å². The van der Waals surface area contributed by atoms with E-state index in [1.807, 2.05) is 0 Å². The maximum Gasteiger partial charge on any atom is 0.0428 e. The smallest absolute Gasteiger partial charge is 0.0428 e. The van der Waals surface area contributed by atoms with Gasteiger partial charge in [0, 0.05) is 30.9 Å². The van der Waals surface area contributed by atoms with Crippen molar-refractivity contribution in [3.63, 3.8) is 0 Å². The van der Waals surface area contributed by atoms with Gasteiger partial charge in [0.15, 0.2) is 0 Å². The zero-order valence-electron chi connectivity index (χ0n) is 11.6. The van der Waals surface area contributed by atoms with E-state index in [9.17, 15) is 0 Å². The summed E-state index contributed by atoms with van der Waals surface area (Å²) in [5, 5.41) is 3.77. The third-order valence-electron chi connectivity index (χ3n) is 4.26. The number of hydrogen-bond acceptors (Lipinski definition) is 2. The second-order valence-electron chi connectivity index (χ2n) is 5.81. The first-order valence-electron chi connectivity index (χ1n) is 7.37. The molecule has 98 valence electrons. The second-order valence-corrected chi connectivity index (χ2v) is 5.81. The molecule has 1 N–H and O–H groups in total. The van der Waals surface area contributed by atoms with E-state index in [2.05, 4.69) is 42.3 Å². The molecule has 0 radical (unpaired) electrons. The predicted octanol–water partition coefficient (Wildman–Crippen LogP) is 2.89. The Morgan fingerprint density at radius 2 is 2.06 bits per heavy atom. The first kappa shape index (κ1) is 12.0. The molecule has 1 aromatic carbocycles. The van der Waals surface area contributed by atoms with Gasteiger partial charge >= 0.3 is 0 Å². The van der Waals surface area contributed by atoms with Crippen molar-refractivity contribution in [2.75, 3.05) is 18.0 Å². The number of hydrogen-bond donors (Lipinski definition) is 1. The molecule has 1 aromatic rings. The van der Waals surface area contributed by atoms with E-state index in [1.165, 1.54) is 49.2 Å². The fourth-order valence-electron chi connectivity index (χ4n) is 3.14. The Morgan fingerprint density at radius 3 is 2.78 bits per heavy atom. The van der Waals surface area contributed by atoms with Crippen molar-refractivity contribution < 1.29 is 0 Å². The Balaban J connectivity index is 1.74. The molecule has 1 atom stereocenters. The summed E-state index contributed by atoms with van der Waals surface area (Å²) in [4.78, 5) is 2.59. The Morgan fingerprint density at radius 1 is 1.22 bits per heavy atom. The van der Waals surface area contributed by atoms with Crippen LogP contribution >= 0.6 is 0 Å². The molecule has 1 heterocycles. The van der Waals surface area contributed by atoms with E-state index >= 15 is 0 Å². The summed E-state index contributed by atoms with van der Waals surface area (Å²) in [6.07, 6.45) is 5.21. The molecule has 3 rings (SSSR count). The van der Waals surface area contributed by atoms with Gasteiger partial charge in [-0.05, 0) is 43.7 Å². The van der Waals surface area contributed by atoms with Crippen molar-refractivity contribution in [3.05, 3.63) is 29.3 Å². The van der Waals surface area contributed by atoms with Gasteiger partial charge < -0.3 is 10.2 Å². The van der Waals surface area contributed by atoms with Crippen LogP contribution in [0, 0.1) is 6.92 Å². The molecule has 1 aliphatic carbocycles. The van der Waals surface area contributed by atoms with Gasteiger partial charge in [-0.3, -0.25) is 0 Å². The van der Waals surface area contributed by atoms with E-state index in [4.69, 9.17) is 0 Å². The van der Waals surface area contributed by atoms with Gasteiger partial charge in [-0.2, -0.15) is 0 Å². The molecule has 2 heteroatoms. The molecule has 2 nitrogen and oxygen atoms in total. The number of para-hydroxylation sites is 1. The van der Waals surface area contributed by atoms with Crippen LogP contribution in [0.2, 0.25) is 0 Å². The summed E-state index contributed by atoms with van der Waals surface area (Å²) in [5.41, 5.74) is 4.43. The first-order valence-corrected chi connectivity index (χ1v) is 7.37. The van der Waals surface area contributed by atoms with Crippen LogP contribution in [0.15, 0.2) is 18.2 Å². The van der Waals surface area contributed by atoms with Crippen LogP contribution in [0.25, 0.3) is 0 Å². The Labute approximate surface area is 110 Å². The molecule has 1 saturated heterocycles. The average molecular weight is 244 g/mol. The van der Waals surface area contributed by atoms with Gasteiger partial charge in [0.1, 0.15) is 0 Å². The van der Waals surface area contributed by atoms with Crippen LogP contribution < -0.4 is 10.2 Å². The van der Waals surface area contributed by atoms with Crippen molar-refractivity contribution in [2.45, 2.75) is 51.6 Å². The van der Waals surface area contributed by atoms with Crippen LogP contribution in [-0.2, 0) is 6.42 Å². The van der Waals surface area contributed by atoms with Crippen LogP contribution in [0.4, 0.5) is 5.69 Å². The Hall–Kier alpha value is -1.02. The standard InChI is InChI=1S/C16H24N2/c1-3-13-6-4-5-12(2)16(13)18-10-9-15(11-18)17-14-7-8-14/h4-6,14-15,17H,3,7-11H2,1-2H3. The summed E-state index contributed by atoms with van der Waals surface area (Å²) in [6, 6.07) is 8.26. The van der Waals surface area contributed by atoms with Crippen molar-refractivity contribution in [1.29, 1.82) is 0 Å². The summed E-state index contributed by atoms with van der Waals surface area (Å²) in [6.45, 7) is 6.90. The summed E-state index contributed by atoms with van der Waals surface area (Å²) in [5.74, 6) is 0. The van der Waals surface area contributed by atoms with Gasteiger partial charge in [0.25, 0.3) is 0 Å². The molecule has 0 bridgehead atoms. The van der Waals surface area contributed by atoms with Crippen molar-refractivity contribution >= 4 is 5.69 Å². The van der Waals surface area contributed by atoms with Gasteiger partial charge in [0.2, 0.25) is 0 Å². The largest absolute Gasteiger partial charge is 0.369 e. The highest BCUT2D eigenvalue weighted by atomic mass is 15.2. The fourth-order valence-corrected chi connectivity index (χ4v) is 3.14. The highest BCUT2D eigenvalue weighted by molar-refractivity contribution is 5.60. The van der Waals surface area contributed by atoms with Crippen molar-refractivity contribution in [2.24, 2.45) is 0 Å². The first-order chi connectivity index (χ1) is 8.78. The lowest BCUT2D eigenvalue weighted by Gasteiger charge is -2.24. The number of benzene rings is 1. The summed E-state index contributed by atoms with van der Waals surface area (Å²) in [7, 11) is 0. The molecular formula is C16H24N2. The van der Waals surface area contributed by atoms with Crippen LogP contribution in [0.5, 0.6) is 0 Å². The van der Waals surface area contributed by atoms with E-state index in [1.54, 1.807) is 0 Å². The van der Waals surface area contributed by atoms with Gasteiger partial charge in [-0.1, -0.05) is 25.1 Å². The zero-order chi connectivity index (χ0) is 12.5. The second kappa shape index (κ2) is 4.93. The number of nitrogens with zero attached hydrogens (tertiary/aromatic N) is 1. The van der Waals surface area contributed by atoms with Gasteiger partial charge in [-0.25, -0.2) is 0 Å². The predicted molar refractivity (Wildman–Crippen MR) is 77.3 cm³/mol. The van der Waals surface area contributed by atoms with Gasteiger partial charge in [0.05, 0.1) is 0 Å². The molecular weight excluding hydrogens is 220 g/mol. The highest BCUT2D eigenvalue weighted by Crippen LogP contribution is 2.30. The number of nitrogens with one attached hydrogen (secondary N) is 1. The summed E-state index contributed by atoms with van der Waals surface area (Å²) < 4.78 is 0. The lowest BCUT2D eigenvalue weighted by molar-refractivity contribution is 0.548. The minimum Gasteiger partial charge on any atom is -0.369 e. The maximum absolute atomic E-state index is 3.77. The van der Waals surface area contributed by atoms with Crippen LogP contribution in [-0.4, -0.2) is 25.2 Å². The molecule has 1 saturated carbocycles. The topological polar surface area (TPSA) is 15.3 Å². The zero-order valence-corrected chi connectivity index (χ0v) is 11.6. The normalized spacial score (nSPS) is 23.7. The lowest BCUT2D eigenvalue weighted by Crippen LogP contribution is -2.34. The van der Waals surface area contributed by atoms with E-state index in [0.717, 1.165) is 12.5 Å². The van der Waals surface area contributed by atoms with Crippen LogP contribution in [0.3, 0.4) is 0 Å². The molecule has 1 aliphatic heterocycles.